The molecular weight excluding hydrogens is 364 g/mol. The number of benzene rings is 1. The number of carbonyl (C=O) groups is 1. The highest BCUT2D eigenvalue weighted by Crippen LogP contribution is 2.27. The number of rotatable bonds is 8. The van der Waals surface area contributed by atoms with Crippen LogP contribution in [0.1, 0.15) is 27.2 Å². The molecule has 1 heterocycles. The molecule has 1 aliphatic rings. The second-order valence-corrected chi connectivity index (χ2v) is 7.89. The zero-order valence-electron chi connectivity index (χ0n) is 16.9. The van der Waals surface area contributed by atoms with Crippen LogP contribution in [0.2, 0.25) is 5.02 Å². The molecule has 1 aromatic rings. The Morgan fingerprint density at radius 2 is 1.96 bits per heavy atom. The number of likely N-dealkylation sites (N-methyl/N-ethyl adjacent to an activating group) is 1. The molecule has 1 saturated heterocycles. The third kappa shape index (κ3) is 6.87. The Morgan fingerprint density at radius 3 is 2.56 bits per heavy atom. The van der Waals surface area contributed by atoms with E-state index < -0.39 is 0 Å². The Hall–Kier alpha value is -1.50. The lowest BCUT2D eigenvalue weighted by Gasteiger charge is -2.39. The van der Waals surface area contributed by atoms with Gasteiger partial charge in [0.1, 0.15) is 5.75 Å². The van der Waals surface area contributed by atoms with Gasteiger partial charge in [-0.25, -0.2) is 4.79 Å². The number of hydrogen-bond acceptors (Lipinski definition) is 4. The molecule has 6 nitrogen and oxygen atoms in total. The van der Waals surface area contributed by atoms with Crippen LogP contribution in [0, 0.1) is 5.92 Å². The molecule has 2 rings (SSSR count). The highest BCUT2D eigenvalue weighted by Gasteiger charge is 2.25. The molecule has 1 unspecified atom stereocenters. The van der Waals surface area contributed by atoms with E-state index in [2.05, 4.69) is 41.3 Å². The highest BCUT2D eigenvalue weighted by molar-refractivity contribution is 6.32. The summed E-state index contributed by atoms with van der Waals surface area (Å²) >= 11 is 6.22. The van der Waals surface area contributed by atoms with Crippen molar-refractivity contribution in [3.63, 3.8) is 0 Å². The standard InChI is InChI=1S/C20H33ClN4O2/c1-5-12-27-19-7-6-16(13-17(19)21)23-20(26)22-14-18(15(2)3)25-10-8-24(4)9-11-25/h6-7,13,15,18H,5,8-12,14H2,1-4H3,(H2,22,23,26). The van der Waals surface area contributed by atoms with Gasteiger partial charge in [0.15, 0.2) is 0 Å². The molecule has 0 spiro atoms. The largest absolute Gasteiger partial charge is 0.492 e. The monoisotopic (exact) mass is 396 g/mol. The number of halogens is 1. The lowest BCUT2D eigenvalue weighted by Crippen LogP contribution is -2.54. The molecule has 27 heavy (non-hydrogen) atoms. The maximum absolute atomic E-state index is 12.3. The number of hydrogen-bond donors (Lipinski definition) is 2. The Balaban J connectivity index is 1.86. The first-order chi connectivity index (χ1) is 12.9. The van der Waals surface area contributed by atoms with Gasteiger partial charge < -0.3 is 20.3 Å². The Bertz CT molecular complexity index is 604. The molecule has 152 valence electrons. The van der Waals surface area contributed by atoms with Crippen molar-refractivity contribution < 1.29 is 9.53 Å². The zero-order chi connectivity index (χ0) is 19.8. The van der Waals surface area contributed by atoms with Gasteiger partial charge in [-0.3, -0.25) is 4.90 Å². The summed E-state index contributed by atoms with van der Waals surface area (Å²) in [6.07, 6.45) is 0.920. The van der Waals surface area contributed by atoms with Crippen LogP contribution in [0.5, 0.6) is 5.75 Å². The van der Waals surface area contributed by atoms with Gasteiger partial charge in [0.25, 0.3) is 0 Å². The second kappa shape index (κ2) is 10.7. The molecule has 1 fully saturated rings. The lowest BCUT2D eigenvalue weighted by atomic mass is 10.0. The number of piperazine rings is 1. The fourth-order valence-corrected chi connectivity index (χ4v) is 3.46. The minimum atomic E-state index is -0.215. The first-order valence-electron chi connectivity index (χ1n) is 9.80. The number of ether oxygens (including phenoxy) is 1. The maximum Gasteiger partial charge on any atom is 0.319 e. The summed E-state index contributed by atoms with van der Waals surface area (Å²) in [6.45, 7) is 11.9. The van der Waals surface area contributed by atoms with E-state index in [0.717, 1.165) is 32.6 Å². The summed E-state index contributed by atoms with van der Waals surface area (Å²) in [5.41, 5.74) is 0.655. The summed E-state index contributed by atoms with van der Waals surface area (Å²) in [7, 11) is 2.15. The molecule has 0 aromatic heterocycles. The summed E-state index contributed by atoms with van der Waals surface area (Å²) in [5.74, 6) is 1.11. The predicted molar refractivity (Wildman–Crippen MR) is 112 cm³/mol. The maximum atomic E-state index is 12.3. The molecule has 1 aromatic carbocycles. The van der Waals surface area contributed by atoms with Crippen LogP contribution >= 0.6 is 11.6 Å². The van der Waals surface area contributed by atoms with Crippen LogP contribution in [-0.4, -0.2) is 68.3 Å². The average molecular weight is 397 g/mol. The van der Waals surface area contributed by atoms with Crippen LogP contribution < -0.4 is 15.4 Å². The highest BCUT2D eigenvalue weighted by atomic mass is 35.5. The Kier molecular flexibility index (Phi) is 8.67. The Morgan fingerprint density at radius 1 is 1.26 bits per heavy atom. The molecule has 7 heteroatoms. The minimum absolute atomic E-state index is 0.215. The van der Waals surface area contributed by atoms with Gasteiger partial charge in [-0.1, -0.05) is 32.4 Å². The smallest absolute Gasteiger partial charge is 0.319 e. The van der Waals surface area contributed by atoms with E-state index in [9.17, 15) is 4.79 Å². The fourth-order valence-electron chi connectivity index (χ4n) is 3.22. The SMILES string of the molecule is CCCOc1ccc(NC(=O)NCC(C(C)C)N2CCN(C)CC2)cc1Cl. The second-order valence-electron chi connectivity index (χ2n) is 7.48. The molecule has 0 bridgehead atoms. The van der Waals surface area contributed by atoms with E-state index in [1.807, 2.05) is 6.92 Å². The van der Waals surface area contributed by atoms with Crippen LogP contribution in [0.4, 0.5) is 10.5 Å². The van der Waals surface area contributed by atoms with Crippen molar-refractivity contribution in [2.24, 2.45) is 5.92 Å². The molecule has 0 saturated carbocycles. The van der Waals surface area contributed by atoms with Crippen molar-refractivity contribution in [2.45, 2.75) is 33.2 Å². The number of urea groups is 1. The van der Waals surface area contributed by atoms with Crippen molar-refractivity contribution in [3.05, 3.63) is 23.2 Å². The van der Waals surface area contributed by atoms with Gasteiger partial charge in [-0.2, -0.15) is 0 Å². The van der Waals surface area contributed by atoms with Crippen LogP contribution in [0.25, 0.3) is 0 Å². The van der Waals surface area contributed by atoms with Gasteiger partial charge in [-0.05, 0) is 37.6 Å². The van der Waals surface area contributed by atoms with Crippen molar-refractivity contribution >= 4 is 23.3 Å². The first kappa shape index (κ1) is 21.8. The van der Waals surface area contributed by atoms with E-state index >= 15 is 0 Å². The molecule has 0 radical (unpaired) electrons. The lowest BCUT2D eigenvalue weighted by molar-refractivity contribution is 0.0890. The normalized spacial score (nSPS) is 17.0. The van der Waals surface area contributed by atoms with Crippen molar-refractivity contribution in [3.8, 4) is 5.75 Å². The third-order valence-corrected chi connectivity index (χ3v) is 5.19. The number of amides is 2. The minimum Gasteiger partial charge on any atom is -0.492 e. The van der Waals surface area contributed by atoms with E-state index in [1.165, 1.54) is 0 Å². The molecule has 1 aliphatic heterocycles. The van der Waals surface area contributed by atoms with Gasteiger partial charge in [0.2, 0.25) is 0 Å². The molecular formula is C20H33ClN4O2. The van der Waals surface area contributed by atoms with E-state index in [0.29, 0.717) is 41.6 Å². The topological polar surface area (TPSA) is 56.8 Å². The van der Waals surface area contributed by atoms with Crippen LogP contribution in [-0.2, 0) is 0 Å². The van der Waals surface area contributed by atoms with E-state index in [-0.39, 0.29) is 6.03 Å². The fraction of sp³-hybridized carbons (Fsp3) is 0.650. The molecule has 0 aliphatic carbocycles. The third-order valence-electron chi connectivity index (χ3n) is 4.90. The Labute approximate surface area is 168 Å². The van der Waals surface area contributed by atoms with Crippen LogP contribution in [0.3, 0.4) is 0 Å². The predicted octanol–water partition coefficient (Wildman–Crippen LogP) is 3.52. The van der Waals surface area contributed by atoms with Gasteiger partial charge in [0.05, 0.1) is 11.6 Å². The quantitative estimate of drug-likeness (QED) is 0.705. The summed E-state index contributed by atoms with van der Waals surface area (Å²) < 4.78 is 5.56. The number of nitrogens with one attached hydrogen (secondary N) is 2. The van der Waals surface area contributed by atoms with Gasteiger partial charge >= 0.3 is 6.03 Å². The van der Waals surface area contributed by atoms with E-state index in [4.69, 9.17) is 16.3 Å². The summed E-state index contributed by atoms with van der Waals surface area (Å²) in [6, 6.07) is 5.42. The molecule has 1 atom stereocenters. The number of carbonyl (C=O) groups excluding carboxylic acids is 1. The first-order valence-corrected chi connectivity index (χ1v) is 10.2. The van der Waals surface area contributed by atoms with Crippen LogP contribution in [0.15, 0.2) is 18.2 Å². The van der Waals surface area contributed by atoms with Crippen molar-refractivity contribution in [1.82, 2.24) is 15.1 Å². The van der Waals surface area contributed by atoms with Crippen molar-refractivity contribution in [1.29, 1.82) is 0 Å². The number of nitrogens with zero attached hydrogens (tertiary/aromatic N) is 2. The van der Waals surface area contributed by atoms with Gasteiger partial charge in [-0.15, -0.1) is 0 Å². The number of anilines is 1. The summed E-state index contributed by atoms with van der Waals surface area (Å²) in [4.78, 5) is 17.1. The molecule has 2 N–H and O–H groups in total. The van der Waals surface area contributed by atoms with Crippen molar-refractivity contribution in [2.75, 3.05) is 51.7 Å². The summed E-state index contributed by atoms with van der Waals surface area (Å²) in [5, 5.41) is 6.36. The zero-order valence-corrected chi connectivity index (χ0v) is 17.7. The van der Waals surface area contributed by atoms with E-state index in [1.54, 1.807) is 18.2 Å². The molecule has 2 amide bonds. The van der Waals surface area contributed by atoms with Gasteiger partial charge in [0, 0.05) is 44.5 Å². The average Bonchev–Trinajstić information content (AvgIpc) is 2.62.